The van der Waals surface area contributed by atoms with Crippen LogP contribution in [0.4, 0.5) is 0 Å². The normalized spacial score (nSPS) is 11.8. The van der Waals surface area contributed by atoms with Crippen molar-refractivity contribution in [2.45, 2.75) is 0 Å². The quantitative estimate of drug-likeness (QED) is 0.136. The molecule has 38 heavy (non-hydrogen) atoms. The van der Waals surface area contributed by atoms with Crippen molar-refractivity contribution < 1.29 is 4.79 Å². The van der Waals surface area contributed by atoms with Crippen molar-refractivity contribution in [1.29, 1.82) is 0 Å². The van der Waals surface area contributed by atoms with E-state index in [2.05, 4.69) is 121 Å². The van der Waals surface area contributed by atoms with Gasteiger partial charge in [-0.3, -0.25) is 4.79 Å². The Morgan fingerprint density at radius 2 is 0.658 bits per heavy atom. The highest BCUT2D eigenvalue weighted by atomic mass is 16.1. The molecule has 0 saturated heterocycles. The number of hydrogen-bond donors (Lipinski definition) is 0. The van der Waals surface area contributed by atoms with Gasteiger partial charge in [0.05, 0.1) is 0 Å². The van der Waals surface area contributed by atoms with Crippen LogP contribution in [-0.4, -0.2) is 5.78 Å². The Balaban J connectivity index is 1.44. The molecule has 8 rings (SSSR count). The second-order valence-electron chi connectivity index (χ2n) is 10.1. The third kappa shape index (κ3) is 3.09. The van der Waals surface area contributed by atoms with Crippen LogP contribution in [-0.2, 0) is 0 Å². The minimum absolute atomic E-state index is 0.0579. The fourth-order valence-corrected chi connectivity index (χ4v) is 6.11. The van der Waals surface area contributed by atoms with Gasteiger partial charge in [0.25, 0.3) is 0 Å². The maximum atomic E-state index is 14.5. The summed E-state index contributed by atoms with van der Waals surface area (Å²) in [5, 5.41) is 13.5. The van der Waals surface area contributed by atoms with Gasteiger partial charge in [-0.25, -0.2) is 0 Å². The van der Waals surface area contributed by atoms with Crippen molar-refractivity contribution in [2.24, 2.45) is 0 Å². The summed E-state index contributed by atoms with van der Waals surface area (Å²) in [6.45, 7) is 0. The standard InChI is InChI=1S/C37H22O/c38-37(35-21-27-17-23-9-1-3-11-25(23)19-33(27)29-13-5-7-15-31(29)35)36-22-28-18-24-10-2-4-12-26(24)20-34(28)30-14-6-8-16-32(30)36/h1-22H. The van der Waals surface area contributed by atoms with E-state index in [1.165, 1.54) is 32.3 Å². The van der Waals surface area contributed by atoms with Crippen molar-refractivity contribution in [2.75, 3.05) is 0 Å². The van der Waals surface area contributed by atoms with Crippen LogP contribution in [0.15, 0.2) is 133 Å². The first-order chi connectivity index (χ1) is 18.7. The van der Waals surface area contributed by atoms with Gasteiger partial charge in [-0.05, 0) is 101 Å². The molecule has 0 fully saturated rings. The Morgan fingerprint density at radius 1 is 0.316 bits per heavy atom. The van der Waals surface area contributed by atoms with Crippen molar-refractivity contribution in [1.82, 2.24) is 0 Å². The number of fused-ring (bicyclic) bond motifs is 8. The molecule has 0 heterocycles. The monoisotopic (exact) mass is 482 g/mol. The molecule has 0 amide bonds. The zero-order chi connectivity index (χ0) is 25.2. The Bertz CT molecular complexity index is 2090. The molecule has 8 aromatic carbocycles. The molecule has 176 valence electrons. The van der Waals surface area contributed by atoms with Gasteiger partial charge in [-0.2, -0.15) is 0 Å². The molecule has 1 nitrogen and oxygen atoms in total. The molecule has 0 spiro atoms. The number of benzene rings is 8. The highest BCUT2D eigenvalue weighted by molar-refractivity contribution is 6.28. The molecule has 0 radical (unpaired) electrons. The summed E-state index contributed by atoms with van der Waals surface area (Å²) < 4.78 is 0. The zero-order valence-corrected chi connectivity index (χ0v) is 20.6. The van der Waals surface area contributed by atoms with Crippen LogP contribution < -0.4 is 0 Å². The first-order valence-electron chi connectivity index (χ1n) is 13.0. The molecule has 0 N–H and O–H groups in total. The molecule has 8 aromatic rings. The van der Waals surface area contributed by atoms with E-state index < -0.39 is 0 Å². The Morgan fingerprint density at radius 3 is 1.08 bits per heavy atom. The Hall–Kier alpha value is -5.01. The lowest BCUT2D eigenvalue weighted by Crippen LogP contribution is -2.04. The maximum absolute atomic E-state index is 14.5. The SMILES string of the molecule is O=C(c1cc2cc3ccccc3cc2c2ccccc12)c1cc2cc3ccccc3cc2c2ccccc12. The van der Waals surface area contributed by atoms with Crippen LogP contribution >= 0.6 is 0 Å². The molecule has 0 aliphatic heterocycles. The van der Waals surface area contributed by atoms with Crippen LogP contribution in [0.25, 0.3) is 64.6 Å². The summed E-state index contributed by atoms with van der Waals surface area (Å²) >= 11 is 0. The van der Waals surface area contributed by atoms with E-state index in [4.69, 9.17) is 0 Å². The van der Waals surface area contributed by atoms with Gasteiger partial charge in [0, 0.05) is 11.1 Å². The Labute approximate surface area is 219 Å². The molecular formula is C37H22O. The second-order valence-corrected chi connectivity index (χ2v) is 10.1. The summed E-state index contributed by atoms with van der Waals surface area (Å²) in [6, 6.07) is 46.5. The zero-order valence-electron chi connectivity index (χ0n) is 20.6. The number of hydrogen-bond acceptors (Lipinski definition) is 1. The van der Waals surface area contributed by atoms with Gasteiger partial charge >= 0.3 is 0 Å². The fraction of sp³-hybridized carbons (Fsp3) is 0. The Kier molecular flexibility index (Phi) is 4.44. The molecule has 0 aliphatic carbocycles. The molecule has 1 heteroatoms. The van der Waals surface area contributed by atoms with Gasteiger partial charge in [0.1, 0.15) is 0 Å². The molecule has 0 saturated carbocycles. The van der Waals surface area contributed by atoms with Crippen LogP contribution in [0, 0.1) is 0 Å². The molecule has 0 bridgehead atoms. The number of carbonyl (C=O) groups is 1. The number of rotatable bonds is 2. The van der Waals surface area contributed by atoms with Gasteiger partial charge in [-0.1, -0.05) is 97.1 Å². The van der Waals surface area contributed by atoms with Crippen LogP contribution in [0.1, 0.15) is 15.9 Å². The summed E-state index contributed by atoms with van der Waals surface area (Å²) in [5.74, 6) is 0.0579. The number of carbonyl (C=O) groups excluding carboxylic acids is 1. The van der Waals surface area contributed by atoms with Gasteiger partial charge in [-0.15, -0.1) is 0 Å². The minimum Gasteiger partial charge on any atom is -0.289 e. The summed E-state index contributed by atoms with van der Waals surface area (Å²) in [5.41, 5.74) is 1.49. The predicted molar refractivity (Wildman–Crippen MR) is 161 cm³/mol. The van der Waals surface area contributed by atoms with Crippen LogP contribution in [0.5, 0.6) is 0 Å². The molecule has 0 aliphatic rings. The average molecular weight is 483 g/mol. The smallest absolute Gasteiger partial charge is 0.194 e. The first-order valence-corrected chi connectivity index (χ1v) is 13.0. The summed E-state index contributed by atoms with van der Waals surface area (Å²) in [7, 11) is 0. The van der Waals surface area contributed by atoms with E-state index in [0.717, 1.165) is 43.4 Å². The van der Waals surface area contributed by atoms with Gasteiger partial charge in [0.15, 0.2) is 5.78 Å². The maximum Gasteiger partial charge on any atom is 0.194 e. The lowest BCUT2D eigenvalue weighted by molar-refractivity contribution is 0.104. The minimum atomic E-state index is 0.0579. The highest BCUT2D eigenvalue weighted by Crippen LogP contribution is 2.36. The van der Waals surface area contributed by atoms with E-state index in [-0.39, 0.29) is 5.78 Å². The third-order valence-electron chi connectivity index (χ3n) is 7.94. The summed E-state index contributed by atoms with van der Waals surface area (Å²) in [4.78, 5) is 14.5. The van der Waals surface area contributed by atoms with Gasteiger partial charge in [0.2, 0.25) is 0 Å². The van der Waals surface area contributed by atoms with Crippen LogP contribution in [0.3, 0.4) is 0 Å². The lowest BCUT2D eigenvalue weighted by atomic mass is 9.88. The third-order valence-corrected chi connectivity index (χ3v) is 7.94. The van der Waals surface area contributed by atoms with Crippen molar-refractivity contribution in [3.63, 3.8) is 0 Å². The van der Waals surface area contributed by atoms with E-state index in [9.17, 15) is 4.79 Å². The van der Waals surface area contributed by atoms with E-state index >= 15 is 0 Å². The topological polar surface area (TPSA) is 17.1 Å². The average Bonchev–Trinajstić information content (AvgIpc) is 2.98. The van der Waals surface area contributed by atoms with Crippen molar-refractivity contribution in [3.05, 3.63) is 145 Å². The van der Waals surface area contributed by atoms with E-state index in [0.29, 0.717) is 0 Å². The van der Waals surface area contributed by atoms with Crippen molar-refractivity contribution >= 4 is 70.4 Å². The van der Waals surface area contributed by atoms with E-state index in [1.54, 1.807) is 0 Å². The molecule has 0 atom stereocenters. The second kappa shape index (κ2) is 7.99. The van der Waals surface area contributed by atoms with E-state index in [1.807, 2.05) is 12.1 Å². The number of ketones is 1. The van der Waals surface area contributed by atoms with Gasteiger partial charge < -0.3 is 0 Å². The molecule has 0 unspecified atom stereocenters. The fourth-order valence-electron chi connectivity index (χ4n) is 6.11. The highest BCUT2D eigenvalue weighted by Gasteiger charge is 2.19. The summed E-state index contributed by atoms with van der Waals surface area (Å²) in [6.07, 6.45) is 0. The predicted octanol–water partition coefficient (Wildman–Crippen LogP) is 9.84. The lowest BCUT2D eigenvalue weighted by Gasteiger charge is -2.14. The van der Waals surface area contributed by atoms with Crippen molar-refractivity contribution in [3.8, 4) is 0 Å². The molecule has 0 aromatic heterocycles. The molecular weight excluding hydrogens is 460 g/mol. The largest absolute Gasteiger partial charge is 0.289 e. The van der Waals surface area contributed by atoms with Crippen LogP contribution in [0.2, 0.25) is 0 Å². The first kappa shape index (κ1) is 21.1.